The Morgan fingerprint density at radius 3 is 2.28 bits per heavy atom. The molecule has 3 aromatic carbocycles. The van der Waals surface area contributed by atoms with E-state index in [1.54, 1.807) is 67.3 Å². The highest BCUT2D eigenvalue weighted by molar-refractivity contribution is 6.33. The van der Waals surface area contributed by atoms with Crippen molar-refractivity contribution in [2.24, 2.45) is 4.99 Å². The largest absolute Gasteiger partial charge is 0.497 e. The molecule has 9 rings (SSSR count). The van der Waals surface area contributed by atoms with E-state index < -0.39 is 51.7 Å². The molecule has 1 atom stereocenters. The van der Waals surface area contributed by atoms with Gasteiger partial charge in [0, 0.05) is 24.8 Å². The maximum atomic E-state index is 18.1. The summed E-state index contributed by atoms with van der Waals surface area (Å²) in [5.74, 6) is -0.220. The summed E-state index contributed by atoms with van der Waals surface area (Å²) in [4.78, 5) is 31.3. The molecular formula is C49H49ClF4N8O6. The van der Waals surface area contributed by atoms with Gasteiger partial charge in [-0.15, -0.1) is 0 Å². The molecule has 0 aliphatic carbocycles. The third-order valence-electron chi connectivity index (χ3n) is 13.1. The molecule has 2 saturated heterocycles. The molecule has 0 bridgehead atoms. The molecule has 14 nitrogen and oxygen atoms in total. The van der Waals surface area contributed by atoms with E-state index >= 15 is 17.6 Å². The monoisotopic (exact) mass is 956 g/mol. The summed E-state index contributed by atoms with van der Waals surface area (Å²) >= 11 is 7.20. The molecule has 4 aliphatic heterocycles. The molecule has 356 valence electrons. The number of methoxy groups -OCH3 is 2. The number of aromatic nitrogens is 2. The van der Waals surface area contributed by atoms with Crippen molar-refractivity contribution in [2.75, 3.05) is 50.8 Å². The quantitative estimate of drug-likeness (QED) is 0.0916. The second-order valence-corrected chi connectivity index (χ2v) is 17.6. The van der Waals surface area contributed by atoms with Crippen molar-refractivity contribution in [1.29, 1.82) is 0 Å². The molecule has 3 N–H and O–H groups in total. The molecule has 5 aromatic rings. The first-order valence-corrected chi connectivity index (χ1v) is 22.5. The Labute approximate surface area is 394 Å². The summed E-state index contributed by atoms with van der Waals surface area (Å²) in [7, 11) is 3.10. The number of pyridine rings is 2. The summed E-state index contributed by atoms with van der Waals surface area (Å²) < 4.78 is 88.4. The molecule has 0 saturated carbocycles. The number of nitrogens with one attached hydrogen (secondary N) is 2. The molecule has 68 heavy (non-hydrogen) atoms. The Bertz CT molecular complexity index is 2840. The Hall–Kier alpha value is -6.79. The zero-order chi connectivity index (χ0) is 47.9. The lowest BCUT2D eigenvalue weighted by Gasteiger charge is -2.33. The average molecular weight is 957 g/mol. The van der Waals surface area contributed by atoms with E-state index in [9.17, 15) is 9.90 Å². The summed E-state index contributed by atoms with van der Waals surface area (Å²) in [5, 5.41) is 14.8. The highest BCUT2D eigenvalue weighted by atomic mass is 35.5. The van der Waals surface area contributed by atoms with Gasteiger partial charge in [-0.3, -0.25) is 15.2 Å². The molecule has 2 aromatic heterocycles. The standard InChI is InChI=1S/C49H49ClF4N8O6/c1-28-22-35(60(23-30-9-13-32(65-3)14-10-30)24-31-11-15-33(66-4)16-12-31)58-42(39(28)49(52,53)54)37-40(50)43-38-44(41(37)51)68-36(67-26-48-17-6-20-61(48)21-7-18-48)25-62(46(38)57-27-56-43)29(2)34-8-5-19-55-45(34)59-47(63)64/h5,8-16,19,22,25,29,57H,6-7,17-18,20-21,23-24,26-27H2,1-4H3,(H,55,59)(H,63,64). The lowest BCUT2D eigenvalue weighted by atomic mass is 9.95. The van der Waals surface area contributed by atoms with Crippen LogP contribution in [-0.4, -0.2) is 77.1 Å². The van der Waals surface area contributed by atoms with Gasteiger partial charge in [0.15, 0.2) is 11.6 Å². The third-order valence-corrected chi connectivity index (χ3v) is 13.4. The van der Waals surface area contributed by atoms with E-state index in [0.29, 0.717) is 17.1 Å². The van der Waals surface area contributed by atoms with E-state index in [1.165, 1.54) is 25.4 Å². The summed E-state index contributed by atoms with van der Waals surface area (Å²) in [6.07, 6.45) is 0.325. The predicted molar refractivity (Wildman–Crippen MR) is 246 cm³/mol. The number of aryl methyl sites for hydroxylation is 1. The number of rotatable bonds is 14. The van der Waals surface area contributed by atoms with Crippen molar-refractivity contribution in [2.45, 2.75) is 70.4 Å². The van der Waals surface area contributed by atoms with Crippen molar-refractivity contribution in [3.8, 4) is 28.5 Å². The van der Waals surface area contributed by atoms with Crippen molar-refractivity contribution in [3.63, 3.8) is 0 Å². The number of anilines is 2. The van der Waals surface area contributed by atoms with Crippen LogP contribution in [0.15, 0.2) is 90.1 Å². The third kappa shape index (κ3) is 8.89. The number of hydrogen-bond acceptors (Lipinski definition) is 12. The first-order valence-electron chi connectivity index (χ1n) is 22.1. The number of carbonyl (C=O) groups is 1. The molecule has 2 fully saturated rings. The van der Waals surface area contributed by atoms with Gasteiger partial charge in [-0.25, -0.2) is 19.2 Å². The van der Waals surface area contributed by atoms with Gasteiger partial charge in [0.1, 0.15) is 42.2 Å². The van der Waals surface area contributed by atoms with Crippen molar-refractivity contribution >= 4 is 35.2 Å². The Balaban J connectivity index is 1.23. The SMILES string of the molecule is COc1ccc(CN(Cc2ccc(OC)cc2)c2cc(C)c(C(F)(F)F)c(-c3c(F)c4c5c(c3Cl)=NCNC=5N(C(C)c3cccnc3NC(=O)O)C=C(OCC35CCCN3CCC5)O4)n2)cc1. The molecule has 0 spiro atoms. The molecule has 6 heterocycles. The average Bonchev–Trinajstić information content (AvgIpc) is 3.86. The lowest BCUT2D eigenvalue weighted by Crippen LogP contribution is -2.45. The Morgan fingerprint density at radius 1 is 1.03 bits per heavy atom. The van der Waals surface area contributed by atoms with E-state index in [2.05, 4.69) is 30.5 Å². The van der Waals surface area contributed by atoms with Crippen LogP contribution in [0.3, 0.4) is 0 Å². The van der Waals surface area contributed by atoms with Gasteiger partial charge >= 0.3 is 18.2 Å². The minimum atomic E-state index is -5.02. The van der Waals surface area contributed by atoms with Crippen molar-refractivity contribution in [1.82, 2.24) is 25.1 Å². The minimum Gasteiger partial charge on any atom is -0.497 e. The molecule has 1 amide bonds. The number of benzene rings is 3. The van der Waals surface area contributed by atoms with Crippen LogP contribution in [0.4, 0.5) is 34.0 Å². The highest BCUT2D eigenvalue weighted by Crippen LogP contribution is 2.45. The van der Waals surface area contributed by atoms with Gasteiger partial charge in [-0.2, -0.15) is 13.2 Å². The van der Waals surface area contributed by atoms with Gasteiger partial charge < -0.3 is 39.2 Å². The van der Waals surface area contributed by atoms with E-state index in [-0.39, 0.29) is 71.4 Å². The predicted octanol–water partition coefficient (Wildman–Crippen LogP) is 8.72. The Kier molecular flexibility index (Phi) is 12.7. The number of ether oxygens (including phenoxy) is 4. The maximum absolute atomic E-state index is 18.1. The first kappa shape index (κ1) is 46.3. The van der Waals surface area contributed by atoms with Crippen LogP contribution in [0.2, 0.25) is 5.02 Å². The first-order chi connectivity index (χ1) is 32.7. The second-order valence-electron chi connectivity index (χ2n) is 17.2. The number of nitrogens with zero attached hydrogens (tertiary/aromatic N) is 6. The van der Waals surface area contributed by atoms with Crippen molar-refractivity contribution in [3.05, 3.63) is 134 Å². The normalized spacial score (nSPS) is 16.6. The van der Waals surface area contributed by atoms with Crippen LogP contribution < -0.4 is 40.3 Å². The van der Waals surface area contributed by atoms with E-state index in [1.807, 2.05) is 24.3 Å². The van der Waals surface area contributed by atoms with Gasteiger partial charge in [0.2, 0.25) is 0 Å². The fraction of sp³-hybridized carbons (Fsp3) is 0.347. The summed E-state index contributed by atoms with van der Waals surface area (Å²) in [6.45, 7) is 5.36. The molecule has 4 aliphatic rings. The topological polar surface area (TPSA) is 146 Å². The van der Waals surface area contributed by atoms with Crippen molar-refractivity contribution < 1.29 is 46.4 Å². The molecule has 1 unspecified atom stereocenters. The lowest BCUT2D eigenvalue weighted by molar-refractivity contribution is -0.137. The zero-order valence-electron chi connectivity index (χ0n) is 37.7. The Morgan fingerprint density at radius 2 is 1.68 bits per heavy atom. The van der Waals surface area contributed by atoms with Gasteiger partial charge in [-0.1, -0.05) is 41.9 Å². The molecule has 19 heteroatoms. The zero-order valence-corrected chi connectivity index (χ0v) is 38.5. The van der Waals surface area contributed by atoms with Crippen LogP contribution >= 0.6 is 11.6 Å². The van der Waals surface area contributed by atoms with Gasteiger partial charge in [-0.05, 0) is 106 Å². The minimum absolute atomic E-state index is 0.0180. The second kappa shape index (κ2) is 18.7. The van der Waals surface area contributed by atoms with E-state index in [0.717, 1.165) is 49.9 Å². The smallest absolute Gasteiger partial charge is 0.418 e. The molecule has 0 radical (unpaired) electrons. The number of carboxylic acid groups (broad SMARTS) is 1. The number of fused-ring (bicyclic) bond motifs is 1. The fourth-order valence-electron chi connectivity index (χ4n) is 9.76. The maximum Gasteiger partial charge on any atom is 0.418 e. The summed E-state index contributed by atoms with van der Waals surface area (Å²) in [6, 6.07) is 18.5. The van der Waals surface area contributed by atoms with Crippen LogP contribution in [0.25, 0.3) is 17.1 Å². The number of hydrogen-bond donors (Lipinski definition) is 3. The van der Waals surface area contributed by atoms with Gasteiger partial charge in [0.25, 0.3) is 0 Å². The number of alkyl halides is 3. The van der Waals surface area contributed by atoms with Crippen LogP contribution in [0.1, 0.15) is 66.5 Å². The fourth-order valence-corrected chi connectivity index (χ4v) is 10.1. The van der Waals surface area contributed by atoms with Crippen LogP contribution in [0, 0.1) is 12.7 Å². The van der Waals surface area contributed by atoms with Gasteiger partial charge in [0.05, 0.1) is 64.4 Å². The number of halogens is 5. The highest BCUT2D eigenvalue weighted by Gasteiger charge is 2.46. The van der Waals surface area contributed by atoms with Crippen LogP contribution in [-0.2, 0) is 24.0 Å². The summed E-state index contributed by atoms with van der Waals surface area (Å²) in [5.41, 5.74) is -1.07. The van der Waals surface area contributed by atoms with Crippen LogP contribution in [0.5, 0.6) is 17.2 Å². The number of amides is 1. The van der Waals surface area contributed by atoms with E-state index in [4.69, 9.17) is 30.5 Å². The molecular weight excluding hydrogens is 908 g/mol.